The molecule has 3 rings (SSSR count). The first kappa shape index (κ1) is 18.2. The summed E-state index contributed by atoms with van der Waals surface area (Å²) in [5.74, 6) is 0. The number of nitrogens with two attached hydrogens (primary N) is 1. The third-order valence-electron chi connectivity index (χ3n) is 4.33. The van der Waals surface area contributed by atoms with E-state index in [4.69, 9.17) is 5.73 Å². The highest BCUT2D eigenvalue weighted by molar-refractivity contribution is 9.10. The second kappa shape index (κ2) is 7.33. The summed E-state index contributed by atoms with van der Waals surface area (Å²) in [6.45, 7) is 2.72. The lowest BCUT2D eigenvalue weighted by molar-refractivity contribution is 0.692. The SMILES string of the molecule is CCc1cccc(-n2nnn(C)c2=O)c1N(C)Cc1cccc(N)c1Br. The number of para-hydroxylation sites is 1. The molecule has 7 nitrogen and oxygen atoms in total. The zero-order valence-electron chi connectivity index (χ0n) is 15.0. The number of aromatic nitrogens is 4. The van der Waals surface area contributed by atoms with Crippen LogP contribution in [0, 0.1) is 0 Å². The Morgan fingerprint density at radius 2 is 1.85 bits per heavy atom. The van der Waals surface area contributed by atoms with E-state index in [0.29, 0.717) is 17.9 Å². The highest BCUT2D eigenvalue weighted by Gasteiger charge is 2.18. The standard InChI is InChI=1S/C18H21BrN6O/c1-4-12-7-6-10-15(25-18(26)24(3)21-22-25)17(12)23(2)11-13-8-5-9-14(20)16(13)19/h5-10H,4,11,20H2,1-3H3. The lowest BCUT2D eigenvalue weighted by Gasteiger charge is -2.25. The fraction of sp³-hybridized carbons (Fsp3) is 0.278. The molecule has 2 N–H and O–H groups in total. The minimum atomic E-state index is -0.280. The van der Waals surface area contributed by atoms with E-state index in [1.807, 2.05) is 37.4 Å². The molecule has 0 saturated heterocycles. The molecule has 0 aliphatic heterocycles. The molecule has 0 fully saturated rings. The van der Waals surface area contributed by atoms with E-state index in [1.54, 1.807) is 7.05 Å². The van der Waals surface area contributed by atoms with E-state index in [-0.39, 0.29) is 5.69 Å². The first-order chi connectivity index (χ1) is 12.4. The monoisotopic (exact) mass is 416 g/mol. The Balaban J connectivity index is 2.09. The summed E-state index contributed by atoms with van der Waals surface area (Å²) in [6.07, 6.45) is 0.834. The van der Waals surface area contributed by atoms with Crippen LogP contribution in [0.1, 0.15) is 18.1 Å². The van der Waals surface area contributed by atoms with Crippen LogP contribution in [0.5, 0.6) is 0 Å². The van der Waals surface area contributed by atoms with Crippen molar-refractivity contribution >= 4 is 27.3 Å². The zero-order chi connectivity index (χ0) is 18.8. The molecule has 0 unspecified atom stereocenters. The Hall–Kier alpha value is -2.61. The number of aryl methyl sites for hydroxylation is 2. The molecule has 1 heterocycles. The maximum Gasteiger partial charge on any atom is 0.368 e. The highest BCUT2D eigenvalue weighted by atomic mass is 79.9. The number of nitrogens with zero attached hydrogens (tertiary/aromatic N) is 5. The summed E-state index contributed by atoms with van der Waals surface area (Å²) in [6, 6.07) is 11.7. The molecule has 0 bridgehead atoms. The Labute approximate surface area is 160 Å². The predicted molar refractivity (Wildman–Crippen MR) is 107 cm³/mol. The second-order valence-corrected chi connectivity index (χ2v) is 6.90. The highest BCUT2D eigenvalue weighted by Crippen LogP contribution is 2.31. The molecule has 8 heteroatoms. The zero-order valence-corrected chi connectivity index (χ0v) is 16.6. The van der Waals surface area contributed by atoms with Gasteiger partial charge in [0.2, 0.25) is 0 Å². The molecule has 0 atom stereocenters. The molecule has 3 aromatic rings. The molecule has 26 heavy (non-hydrogen) atoms. The normalized spacial score (nSPS) is 10.9. The molecular formula is C18H21BrN6O. The van der Waals surface area contributed by atoms with Gasteiger partial charge in [0.15, 0.2) is 0 Å². The van der Waals surface area contributed by atoms with Gasteiger partial charge >= 0.3 is 5.69 Å². The van der Waals surface area contributed by atoms with E-state index < -0.39 is 0 Å². The van der Waals surface area contributed by atoms with Gasteiger partial charge in [0.05, 0.1) is 11.4 Å². The van der Waals surface area contributed by atoms with Crippen LogP contribution in [0.15, 0.2) is 45.7 Å². The average Bonchev–Trinajstić information content (AvgIpc) is 2.97. The van der Waals surface area contributed by atoms with Gasteiger partial charge in [0.25, 0.3) is 0 Å². The van der Waals surface area contributed by atoms with E-state index in [2.05, 4.69) is 44.2 Å². The number of halogens is 1. The lowest BCUT2D eigenvalue weighted by atomic mass is 10.1. The molecule has 0 saturated carbocycles. The van der Waals surface area contributed by atoms with Gasteiger partial charge in [-0.15, -0.1) is 0 Å². The van der Waals surface area contributed by atoms with Gasteiger partial charge < -0.3 is 10.6 Å². The first-order valence-electron chi connectivity index (χ1n) is 8.29. The number of tetrazole rings is 1. The van der Waals surface area contributed by atoms with Crippen molar-refractivity contribution in [3.8, 4) is 5.69 Å². The summed E-state index contributed by atoms with van der Waals surface area (Å²) >= 11 is 3.56. The van der Waals surface area contributed by atoms with Crippen molar-refractivity contribution in [1.29, 1.82) is 0 Å². The quantitative estimate of drug-likeness (QED) is 0.646. The van der Waals surface area contributed by atoms with Crippen LogP contribution in [0.3, 0.4) is 0 Å². The van der Waals surface area contributed by atoms with Crippen LogP contribution in [0.2, 0.25) is 0 Å². The van der Waals surface area contributed by atoms with Gasteiger partial charge in [0, 0.05) is 30.8 Å². The van der Waals surface area contributed by atoms with Crippen LogP contribution in [0.25, 0.3) is 5.69 Å². The van der Waals surface area contributed by atoms with Gasteiger partial charge in [-0.1, -0.05) is 31.2 Å². The van der Waals surface area contributed by atoms with Crippen molar-refractivity contribution in [2.24, 2.45) is 7.05 Å². The largest absolute Gasteiger partial charge is 0.398 e. The Morgan fingerprint density at radius 3 is 2.50 bits per heavy atom. The van der Waals surface area contributed by atoms with Crippen molar-refractivity contribution in [2.75, 3.05) is 17.7 Å². The van der Waals surface area contributed by atoms with E-state index in [1.165, 1.54) is 9.36 Å². The number of nitrogen functional groups attached to an aromatic ring is 1. The van der Waals surface area contributed by atoms with Gasteiger partial charge in [-0.25, -0.2) is 4.79 Å². The molecule has 1 aromatic heterocycles. The van der Waals surface area contributed by atoms with Gasteiger partial charge in [-0.2, -0.15) is 9.36 Å². The van der Waals surface area contributed by atoms with Crippen molar-refractivity contribution in [3.63, 3.8) is 0 Å². The average molecular weight is 417 g/mol. The summed E-state index contributed by atoms with van der Waals surface area (Å²) in [7, 11) is 3.58. The molecule has 0 aliphatic rings. The molecule has 0 amide bonds. The topological polar surface area (TPSA) is 82.0 Å². The Morgan fingerprint density at radius 1 is 1.15 bits per heavy atom. The van der Waals surface area contributed by atoms with Gasteiger partial charge in [0.1, 0.15) is 0 Å². The minimum Gasteiger partial charge on any atom is -0.398 e. The van der Waals surface area contributed by atoms with E-state index in [0.717, 1.165) is 27.7 Å². The van der Waals surface area contributed by atoms with Crippen LogP contribution >= 0.6 is 15.9 Å². The molecule has 0 aliphatic carbocycles. The first-order valence-corrected chi connectivity index (χ1v) is 9.08. The Kier molecular flexibility index (Phi) is 5.13. The fourth-order valence-electron chi connectivity index (χ4n) is 3.00. The third kappa shape index (κ3) is 3.24. The van der Waals surface area contributed by atoms with Crippen molar-refractivity contribution in [1.82, 2.24) is 19.8 Å². The predicted octanol–water partition coefficient (Wildman–Crippen LogP) is 2.51. The van der Waals surface area contributed by atoms with Crippen LogP contribution < -0.4 is 16.3 Å². The van der Waals surface area contributed by atoms with Crippen LogP contribution in [-0.4, -0.2) is 26.8 Å². The maximum atomic E-state index is 12.4. The number of rotatable bonds is 5. The molecular weight excluding hydrogens is 396 g/mol. The second-order valence-electron chi connectivity index (χ2n) is 6.11. The molecule has 2 aromatic carbocycles. The summed E-state index contributed by atoms with van der Waals surface area (Å²) in [5, 5.41) is 7.84. The van der Waals surface area contributed by atoms with E-state index >= 15 is 0 Å². The van der Waals surface area contributed by atoms with Crippen molar-refractivity contribution in [2.45, 2.75) is 19.9 Å². The summed E-state index contributed by atoms with van der Waals surface area (Å²) in [4.78, 5) is 14.5. The summed E-state index contributed by atoms with van der Waals surface area (Å²) < 4.78 is 3.44. The molecule has 136 valence electrons. The third-order valence-corrected chi connectivity index (χ3v) is 5.29. The molecule has 0 spiro atoms. The van der Waals surface area contributed by atoms with Crippen molar-refractivity contribution < 1.29 is 0 Å². The number of hydrogen-bond acceptors (Lipinski definition) is 5. The van der Waals surface area contributed by atoms with Crippen molar-refractivity contribution in [3.05, 3.63) is 62.5 Å². The maximum absolute atomic E-state index is 12.4. The minimum absolute atomic E-state index is 0.280. The molecule has 0 radical (unpaired) electrons. The van der Waals surface area contributed by atoms with Gasteiger partial charge in [-0.05, 0) is 56.0 Å². The van der Waals surface area contributed by atoms with Crippen LogP contribution in [-0.2, 0) is 20.0 Å². The number of anilines is 2. The smallest absolute Gasteiger partial charge is 0.368 e. The Bertz CT molecular complexity index is 994. The number of hydrogen-bond donors (Lipinski definition) is 1. The summed E-state index contributed by atoms with van der Waals surface area (Å²) in [5.41, 5.74) is 10.3. The van der Waals surface area contributed by atoms with Gasteiger partial charge in [-0.3, -0.25) is 0 Å². The van der Waals surface area contributed by atoms with Crippen LogP contribution in [0.4, 0.5) is 11.4 Å². The lowest BCUT2D eigenvalue weighted by Crippen LogP contribution is -2.26. The van der Waals surface area contributed by atoms with E-state index in [9.17, 15) is 4.79 Å². The number of benzene rings is 2. The fourth-order valence-corrected chi connectivity index (χ4v) is 3.39.